The van der Waals surface area contributed by atoms with E-state index in [0.29, 0.717) is 89.7 Å². The Kier molecular flexibility index (Phi) is 32.0. The molecule has 0 saturated heterocycles. The molecule has 16 aromatic rings. The number of rotatable bonds is 28. The maximum absolute atomic E-state index is 13.1. The van der Waals surface area contributed by atoms with Gasteiger partial charge in [0, 0.05) is 119 Å². The van der Waals surface area contributed by atoms with Crippen molar-refractivity contribution in [3.8, 4) is 57.2 Å². The topological polar surface area (TPSA) is 311 Å². The Balaban J connectivity index is 0.000000119. The van der Waals surface area contributed by atoms with Gasteiger partial charge in [0.1, 0.15) is 28.7 Å². The summed E-state index contributed by atoms with van der Waals surface area (Å²) < 4.78 is 39.0. The highest BCUT2D eigenvalue weighted by atomic mass is 16.5. The molecule has 6 atom stereocenters. The zero-order valence-corrected chi connectivity index (χ0v) is 81.6. The second kappa shape index (κ2) is 47.4. The molecule has 10 heterocycles. The molecule has 5 amide bonds. The molecule has 1 fully saturated rings. The average Bonchev–Trinajstić information content (AvgIpc) is 1.02. The molecule has 0 radical (unpaired) electrons. The smallest absolute Gasteiger partial charge is 0.267 e. The SMILES string of the molecule is CCCNC(=O)C1CN(Cc2ccc(-n3cccn3)cc2)c2ccccc2O1.CC[C@H](CC(C)C)NC(=O)[C@@H]1CN(Cc2ccc(-n3cccn3)cc2)c2ccccc2O1.NC(=O)C1CN(Cc2ccc(-n3cccn3)cc2)c2ccccc2O1.O=C(NC1CCC1)C1CN(Cc2ccc(-n3cccn3)cc2)c2ccccc2O1.O=C(Nc1ccccc1)C1CN(Cc2ccc(-n3cccn3)cc2)c2ccccc2O1. The van der Waals surface area contributed by atoms with Gasteiger partial charge < -0.3 is 75.2 Å². The van der Waals surface area contributed by atoms with Gasteiger partial charge in [-0.1, -0.05) is 167 Å². The van der Waals surface area contributed by atoms with Crippen molar-refractivity contribution < 1.29 is 47.7 Å². The average molecular weight is 1940 g/mol. The van der Waals surface area contributed by atoms with E-state index in [2.05, 4.69) is 195 Å². The number of primary amides is 1. The third kappa shape index (κ3) is 25.4. The minimum Gasteiger partial charge on any atom is -0.477 e. The summed E-state index contributed by atoms with van der Waals surface area (Å²) in [6.45, 7) is 15.1. The van der Waals surface area contributed by atoms with Crippen molar-refractivity contribution in [3.63, 3.8) is 0 Å². The van der Waals surface area contributed by atoms with E-state index in [1.807, 2.05) is 262 Å². The molecule has 1 saturated carbocycles. The monoisotopic (exact) mass is 1940 g/mol. The number of para-hydroxylation sites is 11. The molecule has 6 aliphatic rings. The number of hydrogen-bond donors (Lipinski definition) is 5. The van der Waals surface area contributed by atoms with Crippen LogP contribution in [0.25, 0.3) is 28.4 Å². The summed E-state index contributed by atoms with van der Waals surface area (Å²) in [6, 6.07) is 100. The van der Waals surface area contributed by atoms with Gasteiger partial charge in [-0.2, -0.15) is 25.5 Å². The van der Waals surface area contributed by atoms with E-state index in [0.717, 1.165) is 129 Å². The Morgan fingerprint density at radius 2 is 0.621 bits per heavy atom. The van der Waals surface area contributed by atoms with Gasteiger partial charge >= 0.3 is 0 Å². The van der Waals surface area contributed by atoms with Crippen LogP contribution in [0.4, 0.5) is 34.1 Å². The van der Waals surface area contributed by atoms with Crippen LogP contribution in [-0.4, -0.2) is 160 Å². The molecule has 5 aliphatic heterocycles. The maximum Gasteiger partial charge on any atom is 0.267 e. The third-order valence-corrected chi connectivity index (χ3v) is 25.8. The molecular weight excluding hydrogens is 1820 g/mol. The number of nitrogens with one attached hydrogen (secondary N) is 4. The fourth-order valence-electron chi connectivity index (χ4n) is 18.1. The van der Waals surface area contributed by atoms with E-state index in [-0.39, 0.29) is 29.7 Å². The van der Waals surface area contributed by atoms with Crippen LogP contribution >= 0.6 is 0 Å². The van der Waals surface area contributed by atoms with Crippen LogP contribution < -0.4 is 75.2 Å². The van der Waals surface area contributed by atoms with Crippen molar-refractivity contribution in [2.75, 3.05) is 69.1 Å². The number of amides is 5. The molecule has 1 aliphatic carbocycles. The minimum atomic E-state index is -0.641. The van der Waals surface area contributed by atoms with Crippen LogP contribution in [0, 0.1) is 5.92 Å². The molecule has 0 bridgehead atoms. The zero-order chi connectivity index (χ0) is 99.8. The first-order chi connectivity index (χ1) is 71.0. The number of anilines is 6. The number of ether oxygens (including phenoxy) is 5. The van der Waals surface area contributed by atoms with Crippen molar-refractivity contribution in [2.24, 2.45) is 11.7 Å². The van der Waals surface area contributed by atoms with Crippen molar-refractivity contribution in [2.45, 2.75) is 142 Å². The van der Waals surface area contributed by atoms with Crippen LogP contribution in [0.2, 0.25) is 0 Å². The Hall–Kier alpha value is -17.2. The van der Waals surface area contributed by atoms with E-state index in [9.17, 15) is 24.0 Å². The first kappa shape index (κ1) is 98.0. The van der Waals surface area contributed by atoms with Gasteiger partial charge in [-0.25, -0.2) is 23.4 Å². The first-order valence-corrected chi connectivity index (χ1v) is 49.5. The molecule has 145 heavy (non-hydrogen) atoms. The summed E-state index contributed by atoms with van der Waals surface area (Å²) in [5.41, 5.74) is 22.1. The molecule has 6 N–H and O–H groups in total. The molecule has 30 heteroatoms. The quantitative estimate of drug-likeness (QED) is 0.0304. The second-order valence-corrected chi connectivity index (χ2v) is 36.8. The highest BCUT2D eigenvalue weighted by Crippen LogP contribution is 2.41. The van der Waals surface area contributed by atoms with Crippen LogP contribution in [0.15, 0.2) is 365 Å². The fourth-order valence-corrected chi connectivity index (χ4v) is 18.1. The Morgan fingerprint density at radius 1 is 0.338 bits per heavy atom. The van der Waals surface area contributed by atoms with Gasteiger partial charge in [0.2, 0.25) is 0 Å². The van der Waals surface area contributed by atoms with Crippen LogP contribution in [0.5, 0.6) is 28.7 Å². The summed E-state index contributed by atoms with van der Waals surface area (Å²) >= 11 is 0. The number of fused-ring (bicyclic) bond motifs is 5. The minimum absolute atomic E-state index is 0.0109. The third-order valence-electron chi connectivity index (χ3n) is 25.8. The van der Waals surface area contributed by atoms with E-state index >= 15 is 0 Å². The lowest BCUT2D eigenvalue weighted by Crippen LogP contribution is -2.52. The van der Waals surface area contributed by atoms with Crippen LogP contribution in [-0.2, 0) is 56.7 Å². The second-order valence-electron chi connectivity index (χ2n) is 36.8. The summed E-state index contributed by atoms with van der Waals surface area (Å²) in [6.07, 6.45) is 21.8. The summed E-state index contributed by atoms with van der Waals surface area (Å²) in [7, 11) is 0. The molecule has 5 aromatic heterocycles. The molecule has 30 nitrogen and oxygen atoms in total. The number of aromatic nitrogens is 10. The predicted molar refractivity (Wildman–Crippen MR) is 562 cm³/mol. The Bertz CT molecular complexity index is 6860. The summed E-state index contributed by atoms with van der Waals surface area (Å²) in [5, 5.41) is 33.5. The van der Waals surface area contributed by atoms with Gasteiger partial charge in [0.15, 0.2) is 30.5 Å². The Labute approximate surface area is 843 Å². The normalized spacial score (nSPS) is 16.3. The molecule has 0 spiro atoms. The number of benzene rings is 11. The molecule has 11 aromatic carbocycles. The van der Waals surface area contributed by atoms with Gasteiger partial charge in [0.25, 0.3) is 29.5 Å². The van der Waals surface area contributed by atoms with Gasteiger partial charge in [0.05, 0.1) is 89.6 Å². The number of nitrogens with two attached hydrogens (primary N) is 1. The lowest BCUT2D eigenvalue weighted by atomic mass is 9.93. The van der Waals surface area contributed by atoms with E-state index in [1.165, 1.54) is 23.1 Å². The van der Waals surface area contributed by atoms with E-state index in [4.69, 9.17) is 29.4 Å². The number of hydrogen-bond acceptors (Lipinski definition) is 20. The van der Waals surface area contributed by atoms with Crippen molar-refractivity contribution >= 4 is 63.7 Å². The van der Waals surface area contributed by atoms with Crippen molar-refractivity contribution in [1.82, 2.24) is 64.9 Å². The maximum atomic E-state index is 13.1. The lowest BCUT2D eigenvalue weighted by molar-refractivity contribution is -0.129. The molecule has 740 valence electrons. The van der Waals surface area contributed by atoms with Gasteiger partial charge in [-0.3, -0.25) is 24.0 Å². The predicted octanol–water partition coefficient (Wildman–Crippen LogP) is 17.5. The number of carbonyl (C=O) groups is 5. The highest BCUT2D eigenvalue weighted by molar-refractivity contribution is 5.95. The van der Waals surface area contributed by atoms with E-state index in [1.54, 1.807) is 31.0 Å². The molecular formula is C115H120N20O10. The standard InChI is InChI=1S/C26H32N4O2.C25H22N4O2.C23H24N4O2.C22H24N4O2.C19H18N4O2/c1-4-21(16-19(2)3)28-26(31)25-18-29(23-8-5-6-9-24(23)32-25)17-20-10-12-22(13-11-20)30-15-7-14-27-30;30-25(27-20-7-2-1-3-8-20)24-18-28(22-9-4-5-10-23(22)31-24)17-19-11-13-21(14-12-19)29-16-6-15-26-29;28-23(25-18-5-3-6-18)22-16-26(20-7-1-2-8-21(20)29-22)15-17-9-11-19(12-10-17)27-14-4-13-24-27;1-2-12-23-22(27)21-16-25(19-6-3-4-7-20(19)28-21)15-17-8-10-18(11-9-17)26-14-5-13-24-26;20-19(24)18-13-22(16-4-1-2-5-17(16)25-18)12-14-6-8-15(9-7-14)23-11-3-10-21-23/h5-15,19,21,25H,4,16-18H2,1-3H3,(H,28,31);1-16,24H,17-18H2,(H,27,30);1-2,4,7-14,18,22H,3,5-6,15-16H2,(H,25,28);3-11,13-14,21H,2,12,15-16H2,1H3,(H,23,27);1-11,18H,12-13H2,(H2,20,24)/t21-,25+;;;;/m1..../s1. The van der Waals surface area contributed by atoms with Gasteiger partial charge in [-0.15, -0.1) is 0 Å². The summed E-state index contributed by atoms with van der Waals surface area (Å²) in [5.74, 6) is 3.50. The fraction of sp³-hybridized carbons (Fsp3) is 0.252. The number of nitrogens with zero attached hydrogens (tertiary/aromatic N) is 15. The van der Waals surface area contributed by atoms with Crippen LogP contribution in [0.3, 0.4) is 0 Å². The van der Waals surface area contributed by atoms with Crippen molar-refractivity contribution in [3.05, 3.63) is 393 Å². The molecule has 22 rings (SSSR count). The Morgan fingerprint density at radius 3 is 0.897 bits per heavy atom. The largest absolute Gasteiger partial charge is 0.477 e. The lowest BCUT2D eigenvalue weighted by Gasteiger charge is -2.37. The first-order valence-electron chi connectivity index (χ1n) is 49.5. The van der Waals surface area contributed by atoms with Gasteiger partial charge in [-0.05, 0) is 236 Å². The molecule has 4 unspecified atom stereocenters. The highest BCUT2D eigenvalue weighted by Gasteiger charge is 2.38. The zero-order valence-electron chi connectivity index (χ0n) is 81.6. The van der Waals surface area contributed by atoms with E-state index < -0.39 is 36.4 Å². The summed E-state index contributed by atoms with van der Waals surface area (Å²) in [4.78, 5) is 73.7. The van der Waals surface area contributed by atoms with Crippen molar-refractivity contribution in [1.29, 1.82) is 0 Å². The number of carbonyl (C=O) groups excluding carboxylic acids is 5. The van der Waals surface area contributed by atoms with Crippen LogP contribution in [0.1, 0.15) is 94.0 Å².